The molecule has 2 aliphatic heterocycles. The molecule has 19 heavy (non-hydrogen) atoms. The normalized spacial score (nSPS) is 34.4. The van der Waals surface area contributed by atoms with Crippen molar-refractivity contribution in [1.29, 1.82) is 0 Å². The predicted molar refractivity (Wildman–Crippen MR) is 70.2 cm³/mol. The Hall–Kier alpha value is -1.39. The molecule has 0 radical (unpaired) electrons. The molecule has 2 heterocycles. The van der Waals surface area contributed by atoms with Gasteiger partial charge in [-0.3, -0.25) is 4.79 Å². The molecular formula is C15H19NO3. The van der Waals surface area contributed by atoms with Gasteiger partial charge in [0.25, 0.3) is 0 Å². The Bertz CT molecular complexity index is 476. The van der Waals surface area contributed by atoms with Gasteiger partial charge in [-0.25, -0.2) is 0 Å². The number of hydrogen-bond acceptors (Lipinski definition) is 3. The van der Waals surface area contributed by atoms with Gasteiger partial charge in [-0.2, -0.15) is 0 Å². The van der Waals surface area contributed by atoms with Gasteiger partial charge in [0.05, 0.1) is 19.3 Å². The minimum Gasteiger partial charge on any atom is -0.396 e. The van der Waals surface area contributed by atoms with Crippen LogP contribution >= 0.6 is 0 Å². The molecule has 0 spiro atoms. The minimum absolute atomic E-state index is 0.00101. The van der Waals surface area contributed by atoms with Crippen LogP contribution < -0.4 is 0 Å². The third-order valence-electron chi connectivity index (χ3n) is 4.46. The standard InChI is InChI=1S/C15H19NO3/c1-15-12(9-17)7-8-14(18)16(15)13(10-19-15)11-5-3-2-4-6-11/h2-6,12-13,17H,7-10H2,1H3/t12-,13+,15+/m0/s1. The number of carbonyl (C=O) groups excluding carboxylic acids is 1. The molecular weight excluding hydrogens is 242 g/mol. The summed E-state index contributed by atoms with van der Waals surface area (Å²) in [5, 5.41) is 9.53. The Labute approximate surface area is 113 Å². The number of benzene rings is 1. The number of fused-ring (bicyclic) bond motifs is 1. The zero-order valence-electron chi connectivity index (χ0n) is 11.1. The van der Waals surface area contributed by atoms with E-state index in [0.717, 1.165) is 5.56 Å². The maximum absolute atomic E-state index is 12.3. The van der Waals surface area contributed by atoms with Gasteiger partial charge in [-0.1, -0.05) is 30.3 Å². The largest absolute Gasteiger partial charge is 0.396 e. The van der Waals surface area contributed by atoms with Crippen LogP contribution in [-0.2, 0) is 9.53 Å². The quantitative estimate of drug-likeness (QED) is 0.881. The van der Waals surface area contributed by atoms with Crippen LogP contribution in [0.5, 0.6) is 0 Å². The van der Waals surface area contributed by atoms with Crippen molar-refractivity contribution >= 4 is 5.91 Å². The lowest BCUT2D eigenvalue weighted by molar-refractivity contribution is -0.174. The summed E-state index contributed by atoms with van der Waals surface area (Å²) < 4.78 is 5.93. The summed E-state index contributed by atoms with van der Waals surface area (Å²) in [5.41, 5.74) is 0.433. The molecule has 2 saturated heterocycles. The lowest BCUT2D eigenvalue weighted by Gasteiger charge is -2.45. The maximum Gasteiger partial charge on any atom is 0.225 e. The predicted octanol–water partition coefficient (Wildman–Crippen LogP) is 1.71. The highest BCUT2D eigenvalue weighted by Crippen LogP contribution is 2.45. The third-order valence-corrected chi connectivity index (χ3v) is 4.46. The fourth-order valence-electron chi connectivity index (χ4n) is 3.30. The van der Waals surface area contributed by atoms with Crippen LogP contribution in [0.15, 0.2) is 30.3 Å². The number of ether oxygens (including phenoxy) is 1. The van der Waals surface area contributed by atoms with Crippen LogP contribution in [0.4, 0.5) is 0 Å². The van der Waals surface area contributed by atoms with E-state index in [4.69, 9.17) is 4.74 Å². The molecule has 2 fully saturated rings. The van der Waals surface area contributed by atoms with E-state index >= 15 is 0 Å². The number of nitrogens with zero attached hydrogens (tertiary/aromatic N) is 1. The van der Waals surface area contributed by atoms with E-state index in [1.807, 2.05) is 42.2 Å². The van der Waals surface area contributed by atoms with Gasteiger partial charge >= 0.3 is 0 Å². The molecule has 0 unspecified atom stereocenters. The zero-order valence-corrected chi connectivity index (χ0v) is 11.1. The van der Waals surface area contributed by atoms with Crippen LogP contribution in [0.25, 0.3) is 0 Å². The van der Waals surface area contributed by atoms with Crippen molar-refractivity contribution in [2.75, 3.05) is 13.2 Å². The van der Waals surface area contributed by atoms with Gasteiger partial charge in [0.15, 0.2) is 0 Å². The first kappa shape index (κ1) is 12.6. The first-order valence-electron chi connectivity index (χ1n) is 6.78. The van der Waals surface area contributed by atoms with Crippen LogP contribution in [0.1, 0.15) is 31.4 Å². The van der Waals surface area contributed by atoms with Crippen molar-refractivity contribution in [3.05, 3.63) is 35.9 Å². The topological polar surface area (TPSA) is 49.8 Å². The number of hydrogen-bond donors (Lipinski definition) is 1. The maximum atomic E-state index is 12.3. The SMILES string of the molecule is C[C@]12OC[C@H](c3ccccc3)N1C(=O)CC[C@H]2CO. The van der Waals surface area contributed by atoms with E-state index < -0.39 is 5.72 Å². The van der Waals surface area contributed by atoms with Gasteiger partial charge < -0.3 is 14.7 Å². The molecule has 0 saturated carbocycles. The van der Waals surface area contributed by atoms with Crippen molar-refractivity contribution < 1.29 is 14.6 Å². The van der Waals surface area contributed by atoms with Crippen molar-refractivity contribution in [2.24, 2.45) is 5.92 Å². The molecule has 102 valence electrons. The van der Waals surface area contributed by atoms with Crippen molar-refractivity contribution in [3.8, 4) is 0 Å². The summed E-state index contributed by atoms with van der Waals surface area (Å²) >= 11 is 0. The molecule has 1 N–H and O–H groups in total. The van der Waals surface area contributed by atoms with Gasteiger partial charge in [0.1, 0.15) is 5.72 Å². The molecule has 1 aromatic carbocycles. The average molecular weight is 261 g/mol. The number of piperidine rings is 1. The Morgan fingerprint density at radius 3 is 2.84 bits per heavy atom. The van der Waals surface area contributed by atoms with E-state index in [9.17, 15) is 9.90 Å². The van der Waals surface area contributed by atoms with Gasteiger partial charge in [0, 0.05) is 12.3 Å². The number of aliphatic hydroxyl groups excluding tert-OH is 1. The average Bonchev–Trinajstić information content (AvgIpc) is 2.79. The lowest BCUT2D eigenvalue weighted by Crippen LogP contribution is -2.56. The molecule has 4 heteroatoms. The van der Waals surface area contributed by atoms with E-state index in [2.05, 4.69) is 0 Å². The summed E-state index contributed by atoms with van der Waals surface area (Å²) in [7, 11) is 0. The Morgan fingerprint density at radius 2 is 2.16 bits per heavy atom. The molecule has 3 atom stereocenters. The van der Waals surface area contributed by atoms with Crippen LogP contribution in [-0.4, -0.2) is 34.9 Å². The molecule has 1 aromatic rings. The molecule has 1 amide bonds. The second kappa shape index (κ2) is 4.62. The highest BCUT2D eigenvalue weighted by Gasteiger charge is 2.54. The van der Waals surface area contributed by atoms with Crippen LogP contribution in [0.2, 0.25) is 0 Å². The Morgan fingerprint density at radius 1 is 1.42 bits per heavy atom. The highest BCUT2D eigenvalue weighted by atomic mass is 16.5. The minimum atomic E-state index is -0.662. The molecule has 0 aromatic heterocycles. The van der Waals surface area contributed by atoms with Gasteiger partial charge in [0.2, 0.25) is 5.91 Å². The molecule has 0 aliphatic carbocycles. The van der Waals surface area contributed by atoms with E-state index in [1.54, 1.807) is 0 Å². The summed E-state index contributed by atoms with van der Waals surface area (Å²) in [6.07, 6.45) is 1.19. The number of carbonyl (C=O) groups is 1. The molecule has 3 rings (SSSR count). The third kappa shape index (κ3) is 1.86. The summed E-state index contributed by atoms with van der Waals surface area (Å²) in [4.78, 5) is 14.1. The smallest absolute Gasteiger partial charge is 0.225 e. The number of aliphatic hydroxyl groups is 1. The monoisotopic (exact) mass is 261 g/mol. The summed E-state index contributed by atoms with van der Waals surface area (Å²) in [6, 6.07) is 9.93. The first-order valence-corrected chi connectivity index (χ1v) is 6.78. The number of rotatable bonds is 2. The molecule has 2 aliphatic rings. The van der Waals surface area contributed by atoms with E-state index in [1.165, 1.54) is 0 Å². The van der Waals surface area contributed by atoms with Crippen molar-refractivity contribution in [1.82, 2.24) is 4.90 Å². The second-order valence-corrected chi connectivity index (χ2v) is 5.47. The fraction of sp³-hybridized carbons (Fsp3) is 0.533. The van der Waals surface area contributed by atoms with Crippen molar-refractivity contribution in [3.63, 3.8) is 0 Å². The summed E-state index contributed by atoms with van der Waals surface area (Å²) in [6.45, 7) is 2.48. The zero-order chi connectivity index (χ0) is 13.5. The lowest BCUT2D eigenvalue weighted by atomic mass is 9.86. The number of amides is 1. The first-order chi connectivity index (χ1) is 9.16. The second-order valence-electron chi connectivity index (χ2n) is 5.47. The van der Waals surface area contributed by atoms with E-state index in [0.29, 0.717) is 19.4 Å². The molecule has 0 bridgehead atoms. The van der Waals surface area contributed by atoms with Gasteiger partial charge in [-0.15, -0.1) is 0 Å². The highest BCUT2D eigenvalue weighted by molar-refractivity contribution is 5.78. The summed E-state index contributed by atoms with van der Waals surface area (Å²) in [5.74, 6) is 0.123. The van der Waals surface area contributed by atoms with Crippen LogP contribution in [0, 0.1) is 5.92 Å². The van der Waals surface area contributed by atoms with E-state index in [-0.39, 0.29) is 24.5 Å². The van der Waals surface area contributed by atoms with Crippen LogP contribution in [0.3, 0.4) is 0 Å². The Balaban J connectivity index is 1.96. The van der Waals surface area contributed by atoms with Crippen molar-refractivity contribution in [2.45, 2.75) is 31.5 Å². The fourth-order valence-corrected chi connectivity index (χ4v) is 3.30. The molecule has 4 nitrogen and oxygen atoms in total. The Kier molecular flexibility index (Phi) is 3.07. The van der Waals surface area contributed by atoms with Gasteiger partial charge in [-0.05, 0) is 18.9 Å².